The lowest BCUT2D eigenvalue weighted by molar-refractivity contribution is -0.134. The molecule has 3 aromatic heterocycles. The number of likely N-dealkylation sites (N-methyl/N-ethyl adjacent to an activating group) is 1. The Bertz CT molecular complexity index is 2000. The number of aromatic amines is 2. The van der Waals surface area contributed by atoms with Gasteiger partial charge >= 0.3 is 12.2 Å². The molecule has 0 radical (unpaired) electrons. The lowest BCUT2D eigenvalue weighted by atomic mass is 10.1. The fourth-order valence-corrected chi connectivity index (χ4v) is 6.04. The molecule has 6 rings (SSSR count). The number of ether oxygens (including phenoxy) is 2. The van der Waals surface area contributed by atoms with Crippen LogP contribution in [-0.2, 0) is 14.3 Å². The summed E-state index contributed by atoms with van der Waals surface area (Å²) in [6, 6.07) is 15.3. The van der Waals surface area contributed by atoms with Crippen LogP contribution in [0.2, 0.25) is 0 Å². The Morgan fingerprint density at radius 1 is 0.885 bits per heavy atom. The van der Waals surface area contributed by atoms with Gasteiger partial charge in [0.1, 0.15) is 23.3 Å². The second-order valence-corrected chi connectivity index (χ2v) is 13.7. The van der Waals surface area contributed by atoms with Crippen molar-refractivity contribution in [2.75, 3.05) is 20.7 Å². The van der Waals surface area contributed by atoms with Gasteiger partial charge in [-0.3, -0.25) is 9.69 Å². The molecular weight excluding hydrogens is 662 g/mol. The first kappa shape index (κ1) is 35.8. The van der Waals surface area contributed by atoms with Gasteiger partial charge in [0, 0.05) is 37.1 Å². The number of rotatable bonds is 9. The third-order valence-corrected chi connectivity index (χ3v) is 8.96. The second-order valence-electron chi connectivity index (χ2n) is 13.7. The van der Waals surface area contributed by atoms with Crippen molar-refractivity contribution in [3.05, 3.63) is 96.6 Å². The van der Waals surface area contributed by atoms with Crippen LogP contribution in [0.25, 0.3) is 33.9 Å². The molecule has 0 unspecified atom stereocenters. The number of nitrogens with one attached hydrogen (secondary N) is 3. The summed E-state index contributed by atoms with van der Waals surface area (Å²) in [5, 5.41) is 2.64. The summed E-state index contributed by atoms with van der Waals surface area (Å²) in [5.41, 5.74) is 4.12. The summed E-state index contributed by atoms with van der Waals surface area (Å²) in [5.74, 6) is 1.55. The van der Waals surface area contributed by atoms with Crippen LogP contribution in [0.1, 0.15) is 75.9 Å². The average molecular weight is 706 g/mol. The number of carbonyl (C=O) groups is 3. The molecule has 2 aromatic carbocycles. The highest BCUT2D eigenvalue weighted by Gasteiger charge is 2.35. The molecule has 1 fully saturated rings. The summed E-state index contributed by atoms with van der Waals surface area (Å²) >= 11 is 0. The SMILES string of the molecule is COC(=O)N[C@@H](C(=O)N(C)[C@@H](C)c1ncc(-c2ccc(-c3ncc(-c4cnc([C@H]5CCCN5C(=O)OC(C)(C)C)[nH]4)cn3)cc2)[nH]1)c1ccccc1. The summed E-state index contributed by atoms with van der Waals surface area (Å²) in [7, 11) is 2.93. The molecule has 270 valence electrons. The van der Waals surface area contributed by atoms with Gasteiger partial charge in [-0.1, -0.05) is 54.6 Å². The topological polar surface area (TPSA) is 171 Å². The molecule has 52 heavy (non-hydrogen) atoms. The molecule has 0 saturated carbocycles. The summed E-state index contributed by atoms with van der Waals surface area (Å²) in [6.45, 7) is 8.07. The standard InChI is InChI=1S/C38H43N9O5/c1-23(46(5)35(48)31(45-36(49)51-6)25-11-8-7-9-12-25)32-41-21-28(43-32)24-14-16-26(17-15-24)33-39-19-27(20-40-33)29-22-42-34(44-29)30-13-10-18-47(30)37(50)52-38(2,3)4/h7-9,11-12,14-17,19-23,30-31H,10,13,18H2,1-6H3,(H,41,43)(H,42,44)(H,45,49)/t23-,30+,31+/m0/s1. The number of H-pyrrole nitrogens is 2. The van der Waals surface area contributed by atoms with Gasteiger partial charge < -0.3 is 29.7 Å². The second kappa shape index (κ2) is 15.1. The molecule has 3 amide bonds. The zero-order valence-electron chi connectivity index (χ0n) is 30.1. The van der Waals surface area contributed by atoms with Crippen molar-refractivity contribution in [2.45, 2.75) is 64.3 Å². The third kappa shape index (κ3) is 7.96. The first-order chi connectivity index (χ1) is 24.9. The highest BCUT2D eigenvalue weighted by molar-refractivity contribution is 5.87. The fraction of sp³-hybridized carbons (Fsp3) is 0.342. The maximum Gasteiger partial charge on any atom is 0.410 e. The quantitative estimate of drug-likeness (QED) is 0.153. The maximum atomic E-state index is 13.6. The number of methoxy groups -OCH3 is 1. The van der Waals surface area contributed by atoms with Gasteiger partial charge in [0.15, 0.2) is 5.82 Å². The lowest BCUT2D eigenvalue weighted by Gasteiger charge is -2.28. The minimum absolute atomic E-state index is 0.179. The average Bonchev–Trinajstić information content (AvgIpc) is 3.94. The highest BCUT2D eigenvalue weighted by Crippen LogP contribution is 2.33. The van der Waals surface area contributed by atoms with Crippen LogP contribution in [-0.4, -0.2) is 84.1 Å². The van der Waals surface area contributed by atoms with Crippen molar-refractivity contribution in [3.63, 3.8) is 0 Å². The molecule has 1 saturated heterocycles. The molecule has 0 bridgehead atoms. The molecule has 1 aliphatic rings. The van der Waals surface area contributed by atoms with Gasteiger partial charge in [-0.2, -0.15) is 0 Å². The number of hydrogen-bond acceptors (Lipinski definition) is 9. The molecule has 3 N–H and O–H groups in total. The zero-order valence-corrected chi connectivity index (χ0v) is 30.1. The number of nitrogens with zero attached hydrogens (tertiary/aromatic N) is 6. The molecule has 0 spiro atoms. The molecule has 4 heterocycles. The highest BCUT2D eigenvalue weighted by atomic mass is 16.6. The number of alkyl carbamates (subject to hydrolysis) is 1. The van der Waals surface area contributed by atoms with E-state index in [1.165, 1.54) is 12.0 Å². The molecule has 3 atom stereocenters. The lowest BCUT2D eigenvalue weighted by Crippen LogP contribution is -2.42. The van der Waals surface area contributed by atoms with Crippen molar-refractivity contribution >= 4 is 18.1 Å². The van der Waals surface area contributed by atoms with E-state index >= 15 is 0 Å². The molecular formula is C38H43N9O5. The van der Waals surface area contributed by atoms with E-state index in [-0.39, 0.29) is 18.0 Å². The van der Waals surface area contributed by atoms with Crippen LogP contribution in [0.5, 0.6) is 0 Å². The predicted molar refractivity (Wildman–Crippen MR) is 193 cm³/mol. The number of likely N-dealkylation sites (tertiary alicyclic amines) is 1. The van der Waals surface area contributed by atoms with E-state index in [0.717, 1.165) is 40.9 Å². The van der Waals surface area contributed by atoms with E-state index in [0.29, 0.717) is 29.6 Å². The van der Waals surface area contributed by atoms with E-state index in [1.807, 2.05) is 58.0 Å². The predicted octanol–water partition coefficient (Wildman–Crippen LogP) is 6.61. The van der Waals surface area contributed by atoms with Crippen LogP contribution in [0, 0.1) is 0 Å². The number of aromatic nitrogens is 6. The van der Waals surface area contributed by atoms with Gasteiger partial charge in [0.2, 0.25) is 5.91 Å². The molecule has 1 aliphatic heterocycles. The number of hydrogen-bond donors (Lipinski definition) is 3. The number of amides is 3. The van der Waals surface area contributed by atoms with Crippen molar-refractivity contribution in [1.82, 2.24) is 45.0 Å². The van der Waals surface area contributed by atoms with Crippen molar-refractivity contribution in [2.24, 2.45) is 0 Å². The van der Waals surface area contributed by atoms with Crippen LogP contribution in [0.15, 0.2) is 79.4 Å². The van der Waals surface area contributed by atoms with E-state index in [1.54, 1.807) is 61.0 Å². The Hall–Kier alpha value is -6.05. The third-order valence-electron chi connectivity index (χ3n) is 8.96. The van der Waals surface area contributed by atoms with E-state index in [4.69, 9.17) is 9.47 Å². The minimum Gasteiger partial charge on any atom is -0.453 e. The Kier molecular flexibility index (Phi) is 10.4. The van der Waals surface area contributed by atoms with Gasteiger partial charge in [-0.05, 0) is 51.7 Å². The Labute approximate surface area is 302 Å². The van der Waals surface area contributed by atoms with Crippen molar-refractivity contribution in [3.8, 4) is 33.9 Å². The number of imidazole rings is 2. The molecule has 14 nitrogen and oxygen atoms in total. The summed E-state index contributed by atoms with van der Waals surface area (Å²) in [4.78, 5) is 66.7. The molecule has 5 aromatic rings. The first-order valence-electron chi connectivity index (χ1n) is 17.1. The smallest absolute Gasteiger partial charge is 0.410 e. The summed E-state index contributed by atoms with van der Waals surface area (Å²) < 4.78 is 10.4. The normalized spacial score (nSPS) is 15.5. The fourth-order valence-electron chi connectivity index (χ4n) is 6.04. The van der Waals surface area contributed by atoms with Gasteiger partial charge in [0.05, 0.1) is 43.0 Å². The molecule has 14 heteroatoms. The van der Waals surface area contributed by atoms with Crippen LogP contribution >= 0.6 is 0 Å². The van der Waals surface area contributed by atoms with E-state index in [9.17, 15) is 14.4 Å². The van der Waals surface area contributed by atoms with Gasteiger partial charge in [-0.25, -0.2) is 29.5 Å². The van der Waals surface area contributed by atoms with Crippen LogP contribution in [0.3, 0.4) is 0 Å². The van der Waals surface area contributed by atoms with Crippen LogP contribution < -0.4 is 5.32 Å². The number of benzene rings is 2. The maximum absolute atomic E-state index is 13.6. The monoisotopic (exact) mass is 705 g/mol. The Morgan fingerprint density at radius 2 is 1.54 bits per heavy atom. The van der Waals surface area contributed by atoms with Crippen molar-refractivity contribution in [1.29, 1.82) is 0 Å². The van der Waals surface area contributed by atoms with E-state index in [2.05, 4.69) is 35.2 Å². The van der Waals surface area contributed by atoms with Crippen molar-refractivity contribution < 1.29 is 23.9 Å². The van der Waals surface area contributed by atoms with Crippen LogP contribution in [0.4, 0.5) is 9.59 Å². The minimum atomic E-state index is -0.926. The van der Waals surface area contributed by atoms with Gasteiger partial charge in [0.25, 0.3) is 0 Å². The Balaban J connectivity index is 1.10. The Morgan fingerprint density at radius 3 is 2.21 bits per heavy atom. The molecule has 0 aliphatic carbocycles. The van der Waals surface area contributed by atoms with E-state index < -0.39 is 23.8 Å². The van der Waals surface area contributed by atoms with Gasteiger partial charge in [-0.15, -0.1) is 0 Å². The first-order valence-corrected chi connectivity index (χ1v) is 17.1. The largest absolute Gasteiger partial charge is 0.453 e. The number of carbonyl (C=O) groups excluding carboxylic acids is 3. The zero-order chi connectivity index (χ0) is 37.0. The summed E-state index contributed by atoms with van der Waals surface area (Å²) in [6.07, 6.45) is 7.60.